The highest BCUT2D eigenvalue weighted by atomic mass is 19.4. The second-order valence-corrected chi connectivity index (χ2v) is 5.03. The lowest BCUT2D eigenvalue weighted by Gasteiger charge is -2.39. The number of hydrogen-bond acceptors (Lipinski definition) is 3. The molecule has 6 heteroatoms. The average molecular weight is 288 g/mol. The average Bonchev–Trinajstić information content (AvgIpc) is 2.40. The number of rotatable bonds is 4. The summed E-state index contributed by atoms with van der Waals surface area (Å²) in [6.07, 6.45) is -4.04. The van der Waals surface area contributed by atoms with Crippen LogP contribution in [0.3, 0.4) is 0 Å². The van der Waals surface area contributed by atoms with Crippen LogP contribution >= 0.6 is 0 Å². The molecular weight excluding hydrogens is 269 g/mol. The summed E-state index contributed by atoms with van der Waals surface area (Å²) in [5.41, 5.74) is 1.34. The van der Waals surface area contributed by atoms with Crippen LogP contribution in [0.1, 0.15) is 13.3 Å². The molecule has 0 aliphatic carbocycles. The van der Waals surface area contributed by atoms with Gasteiger partial charge in [-0.15, -0.1) is 0 Å². The van der Waals surface area contributed by atoms with Crippen molar-refractivity contribution in [3.8, 4) is 0 Å². The van der Waals surface area contributed by atoms with Gasteiger partial charge in [-0.25, -0.2) is 0 Å². The van der Waals surface area contributed by atoms with E-state index in [0.29, 0.717) is 31.7 Å². The first-order valence-electron chi connectivity index (χ1n) is 6.74. The molecule has 0 fully saturated rings. The molecule has 0 radical (unpaired) electrons. The highest BCUT2D eigenvalue weighted by molar-refractivity contribution is 5.73. The van der Waals surface area contributed by atoms with Crippen molar-refractivity contribution in [3.05, 3.63) is 24.3 Å². The zero-order valence-electron chi connectivity index (χ0n) is 11.4. The van der Waals surface area contributed by atoms with Gasteiger partial charge in [0.1, 0.15) is 6.54 Å². The van der Waals surface area contributed by atoms with E-state index in [9.17, 15) is 18.3 Å². The first-order chi connectivity index (χ1) is 9.40. The van der Waals surface area contributed by atoms with E-state index in [0.717, 1.165) is 5.69 Å². The van der Waals surface area contributed by atoms with Gasteiger partial charge in [-0.1, -0.05) is 19.1 Å². The number of aliphatic hydroxyl groups excluding tert-OH is 1. The first-order valence-corrected chi connectivity index (χ1v) is 6.74. The molecule has 3 nitrogen and oxygen atoms in total. The fourth-order valence-corrected chi connectivity index (χ4v) is 2.44. The summed E-state index contributed by atoms with van der Waals surface area (Å²) in [5.74, 6) is 0. The van der Waals surface area contributed by atoms with Gasteiger partial charge >= 0.3 is 6.18 Å². The van der Waals surface area contributed by atoms with E-state index in [1.807, 2.05) is 11.8 Å². The van der Waals surface area contributed by atoms with Crippen LogP contribution in [0, 0.1) is 0 Å². The molecule has 1 atom stereocenters. The number of halogens is 3. The summed E-state index contributed by atoms with van der Waals surface area (Å²) in [6, 6.07) is 7.05. The Bertz CT molecular complexity index is 450. The number of fused-ring (bicyclic) bond motifs is 1. The largest absolute Gasteiger partial charge is 0.405 e. The van der Waals surface area contributed by atoms with Crippen molar-refractivity contribution < 1.29 is 18.3 Å². The molecule has 1 aliphatic rings. The third-order valence-electron chi connectivity index (χ3n) is 3.48. The lowest BCUT2D eigenvalue weighted by Crippen LogP contribution is -2.46. The number of aliphatic hydroxyl groups is 1. The van der Waals surface area contributed by atoms with E-state index in [1.165, 1.54) is 4.90 Å². The molecule has 0 amide bonds. The number of hydrogen-bond donors (Lipinski definition) is 1. The smallest absolute Gasteiger partial charge is 0.391 e. The molecule has 0 unspecified atom stereocenters. The van der Waals surface area contributed by atoms with E-state index in [-0.39, 0.29) is 0 Å². The molecule has 1 heterocycles. The van der Waals surface area contributed by atoms with E-state index in [1.54, 1.807) is 24.3 Å². The van der Waals surface area contributed by atoms with Gasteiger partial charge in [0.25, 0.3) is 0 Å². The molecule has 0 saturated heterocycles. The summed E-state index contributed by atoms with van der Waals surface area (Å²) in [6.45, 7) is 2.20. The Morgan fingerprint density at radius 3 is 2.25 bits per heavy atom. The van der Waals surface area contributed by atoms with Gasteiger partial charge in [-0.3, -0.25) is 0 Å². The molecule has 0 saturated carbocycles. The van der Waals surface area contributed by atoms with Crippen molar-refractivity contribution in [1.82, 2.24) is 0 Å². The minimum Gasteiger partial charge on any atom is -0.391 e. The molecule has 2 rings (SSSR count). The third-order valence-corrected chi connectivity index (χ3v) is 3.48. The van der Waals surface area contributed by atoms with Gasteiger partial charge in [0.05, 0.1) is 17.5 Å². The van der Waals surface area contributed by atoms with Crippen molar-refractivity contribution in [2.75, 3.05) is 36.0 Å². The van der Waals surface area contributed by atoms with Gasteiger partial charge in [0.15, 0.2) is 0 Å². The second kappa shape index (κ2) is 5.91. The standard InChI is InChI=1S/C14H19F3N2O/c1-2-11(20)9-18-7-8-19(10-14(15,16)17)13-6-4-3-5-12(13)18/h3-6,11,20H,2,7-10H2,1H3/t11-/m1/s1. The van der Waals surface area contributed by atoms with Crippen LogP contribution in [-0.2, 0) is 0 Å². The molecule has 1 aliphatic heterocycles. The summed E-state index contributed by atoms with van der Waals surface area (Å²) in [4.78, 5) is 3.31. The summed E-state index contributed by atoms with van der Waals surface area (Å²) in [5, 5.41) is 9.75. The number of alkyl halides is 3. The van der Waals surface area contributed by atoms with E-state index in [4.69, 9.17) is 0 Å². The Morgan fingerprint density at radius 1 is 1.15 bits per heavy atom. The van der Waals surface area contributed by atoms with Crippen molar-refractivity contribution in [2.45, 2.75) is 25.6 Å². The summed E-state index contributed by atoms with van der Waals surface area (Å²) < 4.78 is 37.8. The third kappa shape index (κ3) is 3.56. The van der Waals surface area contributed by atoms with Crippen molar-refractivity contribution >= 4 is 11.4 Å². The van der Waals surface area contributed by atoms with Gasteiger partial charge in [-0.05, 0) is 18.6 Å². The normalized spacial score (nSPS) is 17.1. The topological polar surface area (TPSA) is 26.7 Å². The Kier molecular flexibility index (Phi) is 4.42. The number of para-hydroxylation sites is 2. The number of benzene rings is 1. The Labute approximate surface area is 116 Å². The van der Waals surface area contributed by atoms with Crippen molar-refractivity contribution in [1.29, 1.82) is 0 Å². The molecule has 1 N–H and O–H groups in total. The minimum absolute atomic E-state index is 0.312. The maximum atomic E-state index is 12.6. The number of nitrogens with zero attached hydrogens (tertiary/aromatic N) is 2. The monoisotopic (exact) mass is 288 g/mol. The Morgan fingerprint density at radius 2 is 1.70 bits per heavy atom. The molecule has 1 aromatic rings. The van der Waals surface area contributed by atoms with E-state index < -0.39 is 18.8 Å². The molecule has 112 valence electrons. The van der Waals surface area contributed by atoms with Gasteiger partial charge in [-0.2, -0.15) is 13.2 Å². The molecule has 0 aromatic heterocycles. The highest BCUT2D eigenvalue weighted by Gasteiger charge is 2.34. The van der Waals surface area contributed by atoms with Gasteiger partial charge in [0.2, 0.25) is 0 Å². The molecule has 1 aromatic carbocycles. The van der Waals surface area contributed by atoms with Crippen molar-refractivity contribution in [3.63, 3.8) is 0 Å². The second-order valence-electron chi connectivity index (χ2n) is 5.03. The van der Waals surface area contributed by atoms with Crippen LogP contribution in [0.4, 0.5) is 24.5 Å². The van der Waals surface area contributed by atoms with Crippen molar-refractivity contribution in [2.24, 2.45) is 0 Å². The molecule has 0 spiro atoms. The van der Waals surface area contributed by atoms with E-state index >= 15 is 0 Å². The van der Waals surface area contributed by atoms with Gasteiger partial charge < -0.3 is 14.9 Å². The molecular formula is C14H19F3N2O. The minimum atomic E-state index is -4.21. The lowest BCUT2D eigenvalue weighted by atomic mass is 10.1. The highest BCUT2D eigenvalue weighted by Crippen LogP contribution is 2.34. The molecule has 0 bridgehead atoms. The van der Waals surface area contributed by atoms with Crippen LogP contribution in [0.25, 0.3) is 0 Å². The first kappa shape index (κ1) is 15.0. The number of anilines is 2. The van der Waals surface area contributed by atoms with Crippen LogP contribution in [0.5, 0.6) is 0 Å². The zero-order chi connectivity index (χ0) is 14.8. The van der Waals surface area contributed by atoms with E-state index in [2.05, 4.69) is 0 Å². The SMILES string of the molecule is CC[C@@H](O)CN1CCN(CC(F)(F)F)c2ccccc21. The van der Waals surface area contributed by atoms with Gasteiger partial charge in [0, 0.05) is 19.6 Å². The number of β-amino-alcohol motifs (C(OH)–C–C–N with tert-alkyl or cyclic N) is 1. The Hall–Kier alpha value is -1.43. The predicted octanol–water partition coefficient (Wildman–Crippen LogP) is 2.65. The summed E-state index contributed by atoms with van der Waals surface area (Å²) >= 11 is 0. The maximum absolute atomic E-state index is 12.6. The lowest BCUT2D eigenvalue weighted by molar-refractivity contribution is -0.119. The van der Waals surface area contributed by atoms with Crippen LogP contribution < -0.4 is 9.80 Å². The van der Waals surface area contributed by atoms with Crippen LogP contribution in [0.2, 0.25) is 0 Å². The summed E-state index contributed by atoms with van der Waals surface area (Å²) in [7, 11) is 0. The zero-order valence-corrected chi connectivity index (χ0v) is 11.4. The maximum Gasteiger partial charge on any atom is 0.405 e. The van der Waals surface area contributed by atoms with Crippen LogP contribution in [0.15, 0.2) is 24.3 Å². The fraction of sp³-hybridized carbons (Fsp3) is 0.571. The molecule has 20 heavy (non-hydrogen) atoms. The predicted molar refractivity (Wildman–Crippen MR) is 73.2 cm³/mol. The fourth-order valence-electron chi connectivity index (χ4n) is 2.44. The van der Waals surface area contributed by atoms with Crippen LogP contribution in [-0.4, -0.2) is 43.6 Å². The Balaban J connectivity index is 2.21. The quantitative estimate of drug-likeness (QED) is 0.922.